The fraction of sp³-hybridized carbons (Fsp3) is 0.316. The predicted molar refractivity (Wildman–Crippen MR) is 93.9 cm³/mol. The Bertz CT molecular complexity index is 710. The van der Waals surface area contributed by atoms with Crippen molar-refractivity contribution in [2.24, 2.45) is 0 Å². The Morgan fingerprint density at radius 3 is 2.48 bits per heavy atom. The van der Waals surface area contributed by atoms with Crippen molar-refractivity contribution < 1.29 is 15.0 Å². The summed E-state index contributed by atoms with van der Waals surface area (Å²) in [7, 11) is -1.89. The van der Waals surface area contributed by atoms with E-state index in [9.17, 15) is 15.0 Å². The SMILES string of the molecule is C#CS1(C2CCCC2)C=CC=C1C(O)(C(=O)O)c1ccccc1. The number of hydrogen-bond donors (Lipinski definition) is 2. The van der Waals surface area contributed by atoms with Gasteiger partial charge in [-0.3, -0.25) is 0 Å². The molecule has 1 saturated carbocycles. The second kappa shape index (κ2) is 5.92. The number of hydrogen-bond acceptors (Lipinski definition) is 2. The van der Waals surface area contributed by atoms with Crippen LogP contribution in [-0.2, 0) is 10.4 Å². The van der Waals surface area contributed by atoms with Crippen LogP contribution in [0.15, 0.2) is 52.8 Å². The first kappa shape index (κ1) is 15.9. The van der Waals surface area contributed by atoms with Crippen LogP contribution < -0.4 is 0 Å². The van der Waals surface area contributed by atoms with Crippen molar-refractivity contribution in [3.05, 3.63) is 58.4 Å². The molecule has 1 aliphatic carbocycles. The van der Waals surface area contributed by atoms with Gasteiger partial charge < -0.3 is 10.2 Å². The fourth-order valence-corrected chi connectivity index (χ4v) is 7.13. The van der Waals surface area contributed by atoms with Gasteiger partial charge in [-0.15, -0.1) is 16.5 Å². The molecule has 1 aromatic rings. The van der Waals surface area contributed by atoms with Gasteiger partial charge in [0, 0.05) is 10.2 Å². The summed E-state index contributed by atoms with van der Waals surface area (Å²) < 4.78 is 0. The minimum atomic E-state index is -2.07. The highest BCUT2D eigenvalue weighted by atomic mass is 32.3. The first-order chi connectivity index (χ1) is 11.1. The smallest absolute Gasteiger partial charge is 0.345 e. The van der Waals surface area contributed by atoms with Crippen molar-refractivity contribution in [3.8, 4) is 11.7 Å². The molecule has 2 atom stereocenters. The largest absolute Gasteiger partial charge is 0.479 e. The molecule has 1 aliphatic heterocycles. The number of carboxylic acids is 1. The van der Waals surface area contributed by atoms with Crippen LogP contribution >= 0.6 is 10.0 Å². The Morgan fingerprint density at radius 1 is 1.26 bits per heavy atom. The zero-order valence-electron chi connectivity index (χ0n) is 12.8. The highest BCUT2D eigenvalue weighted by Gasteiger charge is 2.51. The molecule has 4 heteroatoms. The van der Waals surface area contributed by atoms with Crippen LogP contribution in [0.25, 0.3) is 0 Å². The molecule has 3 rings (SSSR count). The van der Waals surface area contributed by atoms with E-state index in [1.54, 1.807) is 36.4 Å². The topological polar surface area (TPSA) is 57.5 Å². The average Bonchev–Trinajstić information content (AvgIpc) is 3.24. The zero-order valence-corrected chi connectivity index (χ0v) is 13.6. The summed E-state index contributed by atoms with van der Waals surface area (Å²) >= 11 is 0. The third-order valence-electron chi connectivity index (χ3n) is 4.79. The standard InChI is InChI=1S/C19H20O3S/c1-2-23(16-11-6-7-12-16)14-8-13-17(23)19(22,18(20)21)15-9-4-3-5-10-15/h1,3-5,8-10,13-14,16,22H,6-7,11-12H2,(H,20,21). The summed E-state index contributed by atoms with van der Waals surface area (Å²) in [4.78, 5) is 12.5. The lowest BCUT2D eigenvalue weighted by atomic mass is 9.93. The molecule has 0 radical (unpaired) electrons. The van der Waals surface area contributed by atoms with Gasteiger partial charge >= 0.3 is 5.97 Å². The molecule has 120 valence electrons. The number of rotatable bonds is 4. The monoisotopic (exact) mass is 328 g/mol. The summed E-state index contributed by atoms with van der Waals surface area (Å²) in [6.45, 7) is 0. The van der Waals surface area contributed by atoms with Crippen molar-refractivity contribution in [3.63, 3.8) is 0 Å². The van der Waals surface area contributed by atoms with Crippen LogP contribution in [0.2, 0.25) is 0 Å². The molecule has 0 bridgehead atoms. The molecule has 0 saturated heterocycles. The number of aliphatic carboxylic acids is 1. The highest BCUT2D eigenvalue weighted by molar-refractivity contribution is 8.43. The fourth-order valence-electron chi connectivity index (χ4n) is 3.60. The molecule has 1 heterocycles. The molecule has 0 aromatic heterocycles. The van der Waals surface area contributed by atoms with E-state index in [2.05, 4.69) is 5.25 Å². The molecule has 2 unspecified atom stereocenters. The van der Waals surface area contributed by atoms with Gasteiger partial charge in [-0.25, -0.2) is 4.79 Å². The van der Waals surface area contributed by atoms with Crippen molar-refractivity contribution >= 4 is 16.0 Å². The number of terminal acetylenes is 1. The lowest BCUT2D eigenvalue weighted by Gasteiger charge is -2.42. The molecule has 1 aromatic carbocycles. The van der Waals surface area contributed by atoms with Crippen molar-refractivity contribution in [2.75, 3.05) is 0 Å². The third kappa shape index (κ3) is 2.32. The van der Waals surface area contributed by atoms with Crippen LogP contribution in [0.5, 0.6) is 0 Å². The highest BCUT2D eigenvalue weighted by Crippen LogP contribution is 2.69. The van der Waals surface area contributed by atoms with E-state index in [1.807, 2.05) is 11.5 Å². The Morgan fingerprint density at radius 2 is 1.91 bits per heavy atom. The van der Waals surface area contributed by atoms with Gasteiger partial charge in [0.1, 0.15) is 0 Å². The normalized spacial score (nSPS) is 29.3. The van der Waals surface area contributed by atoms with Gasteiger partial charge in [0.15, 0.2) is 0 Å². The number of allylic oxidation sites excluding steroid dienone is 2. The molecule has 2 N–H and O–H groups in total. The first-order valence-corrected chi connectivity index (χ1v) is 9.51. The second-order valence-electron chi connectivity index (χ2n) is 5.97. The Labute approximate surface area is 138 Å². The molecule has 3 nitrogen and oxygen atoms in total. The molecule has 0 spiro atoms. The van der Waals surface area contributed by atoms with Crippen molar-refractivity contribution in [2.45, 2.75) is 36.5 Å². The van der Waals surface area contributed by atoms with Gasteiger partial charge in [-0.05, 0) is 35.1 Å². The van der Waals surface area contributed by atoms with Gasteiger partial charge in [-0.1, -0.05) is 49.2 Å². The minimum absolute atomic E-state index is 0.257. The number of benzene rings is 1. The number of carboxylic acid groups (broad SMARTS) is 1. The molecular weight excluding hydrogens is 308 g/mol. The van der Waals surface area contributed by atoms with Crippen LogP contribution in [-0.4, -0.2) is 21.4 Å². The summed E-state index contributed by atoms with van der Waals surface area (Å²) in [5.41, 5.74) is -1.72. The minimum Gasteiger partial charge on any atom is -0.479 e. The molecule has 1 fully saturated rings. The Kier molecular flexibility index (Phi) is 4.09. The van der Waals surface area contributed by atoms with E-state index < -0.39 is 21.6 Å². The van der Waals surface area contributed by atoms with E-state index in [4.69, 9.17) is 6.42 Å². The summed E-state index contributed by atoms with van der Waals surface area (Å²) in [6, 6.07) is 8.54. The van der Waals surface area contributed by atoms with E-state index in [0.717, 1.165) is 25.7 Å². The van der Waals surface area contributed by atoms with Crippen LogP contribution in [0.1, 0.15) is 31.2 Å². The van der Waals surface area contributed by atoms with Crippen LogP contribution in [0, 0.1) is 11.7 Å². The quantitative estimate of drug-likeness (QED) is 0.829. The number of aliphatic hydroxyl groups is 1. The average molecular weight is 328 g/mol. The molecular formula is C19H20O3S. The maximum absolute atomic E-state index is 12.1. The maximum atomic E-state index is 12.1. The van der Waals surface area contributed by atoms with Gasteiger partial charge in [0.25, 0.3) is 0 Å². The third-order valence-corrected chi connectivity index (χ3v) is 8.44. The van der Waals surface area contributed by atoms with Gasteiger partial charge in [0.05, 0.1) is 0 Å². The molecule has 23 heavy (non-hydrogen) atoms. The van der Waals surface area contributed by atoms with E-state index in [-0.39, 0.29) is 5.25 Å². The maximum Gasteiger partial charge on any atom is 0.345 e. The summed E-state index contributed by atoms with van der Waals surface area (Å²) in [5, 5.41) is 26.2. The van der Waals surface area contributed by atoms with Crippen molar-refractivity contribution in [1.82, 2.24) is 0 Å². The van der Waals surface area contributed by atoms with E-state index in [1.165, 1.54) is 0 Å². The van der Waals surface area contributed by atoms with Gasteiger partial charge in [-0.2, -0.15) is 0 Å². The molecule has 2 aliphatic rings. The lowest BCUT2D eigenvalue weighted by Crippen LogP contribution is -2.39. The van der Waals surface area contributed by atoms with Crippen LogP contribution in [0.4, 0.5) is 0 Å². The Balaban J connectivity index is 2.14. The van der Waals surface area contributed by atoms with E-state index in [0.29, 0.717) is 10.5 Å². The van der Waals surface area contributed by atoms with Gasteiger partial charge in [0.2, 0.25) is 5.60 Å². The van der Waals surface area contributed by atoms with Crippen LogP contribution in [0.3, 0.4) is 0 Å². The zero-order chi connectivity index (χ0) is 16.5. The second-order valence-corrected chi connectivity index (χ2v) is 9.01. The lowest BCUT2D eigenvalue weighted by molar-refractivity contribution is -0.154. The molecule has 0 amide bonds. The number of carbonyl (C=O) groups is 1. The first-order valence-electron chi connectivity index (χ1n) is 7.75. The predicted octanol–water partition coefficient (Wildman–Crippen LogP) is 3.71. The summed E-state index contributed by atoms with van der Waals surface area (Å²) in [5.74, 6) is -1.27. The van der Waals surface area contributed by atoms with Crippen molar-refractivity contribution in [1.29, 1.82) is 0 Å². The van der Waals surface area contributed by atoms with E-state index >= 15 is 0 Å². The summed E-state index contributed by atoms with van der Waals surface area (Å²) in [6.07, 6.45) is 13.6. The Hall–Kier alpha value is -1.96.